The van der Waals surface area contributed by atoms with Crippen molar-refractivity contribution in [3.8, 4) is 28.4 Å². The van der Waals surface area contributed by atoms with E-state index < -0.39 is 0 Å². The summed E-state index contributed by atoms with van der Waals surface area (Å²) in [6.07, 6.45) is 1.85. The van der Waals surface area contributed by atoms with Gasteiger partial charge in [0.15, 0.2) is 11.5 Å². The first kappa shape index (κ1) is 21.9. The Kier molecular flexibility index (Phi) is 5.63. The topological polar surface area (TPSA) is 65.6 Å². The minimum Gasteiger partial charge on any atom is -0.493 e. The maximum Gasteiger partial charge on any atom is 0.162 e. The van der Waals surface area contributed by atoms with Crippen LogP contribution in [0.15, 0.2) is 66.9 Å². The number of anilines is 2. The number of imidazole rings is 1. The fourth-order valence-corrected chi connectivity index (χ4v) is 4.33. The zero-order valence-electron chi connectivity index (χ0n) is 19.3. The molecule has 0 aliphatic heterocycles. The van der Waals surface area contributed by atoms with Crippen LogP contribution in [-0.4, -0.2) is 33.4 Å². The van der Waals surface area contributed by atoms with E-state index in [0.717, 1.165) is 45.5 Å². The van der Waals surface area contributed by atoms with Crippen molar-refractivity contribution in [1.29, 1.82) is 0 Å². The molecule has 0 saturated heterocycles. The highest BCUT2D eigenvalue weighted by atomic mass is 35.5. The SMILES string of the molecule is COc1ccc(Nc2c(-c3c(C)nn(-c4ccccc4)c3C)nc3ccc(Cl)cn23)cc1OC. The number of ether oxygens (including phenoxy) is 2. The Balaban J connectivity index is 1.69. The van der Waals surface area contributed by atoms with Crippen LogP contribution in [-0.2, 0) is 0 Å². The van der Waals surface area contributed by atoms with Crippen molar-refractivity contribution in [2.45, 2.75) is 13.8 Å². The first-order valence-electron chi connectivity index (χ1n) is 10.8. The Morgan fingerprint density at radius 3 is 2.41 bits per heavy atom. The van der Waals surface area contributed by atoms with Crippen LogP contribution in [0.3, 0.4) is 0 Å². The largest absolute Gasteiger partial charge is 0.493 e. The smallest absolute Gasteiger partial charge is 0.162 e. The zero-order chi connectivity index (χ0) is 23.8. The van der Waals surface area contributed by atoms with Gasteiger partial charge >= 0.3 is 0 Å². The second kappa shape index (κ2) is 8.76. The number of benzene rings is 2. The van der Waals surface area contributed by atoms with E-state index in [2.05, 4.69) is 12.2 Å². The molecule has 34 heavy (non-hydrogen) atoms. The highest BCUT2D eigenvalue weighted by Crippen LogP contribution is 2.38. The van der Waals surface area contributed by atoms with Gasteiger partial charge in [-0.05, 0) is 50.2 Å². The summed E-state index contributed by atoms with van der Waals surface area (Å²) in [7, 11) is 3.23. The maximum atomic E-state index is 6.35. The summed E-state index contributed by atoms with van der Waals surface area (Å²) in [5, 5.41) is 8.95. The van der Waals surface area contributed by atoms with Gasteiger partial charge in [-0.3, -0.25) is 4.40 Å². The molecule has 0 atom stereocenters. The molecule has 0 aliphatic carbocycles. The number of hydrogen-bond donors (Lipinski definition) is 1. The van der Waals surface area contributed by atoms with Crippen molar-refractivity contribution in [3.63, 3.8) is 0 Å². The van der Waals surface area contributed by atoms with Crippen LogP contribution in [0.25, 0.3) is 22.6 Å². The van der Waals surface area contributed by atoms with Crippen LogP contribution in [0.2, 0.25) is 5.02 Å². The first-order chi connectivity index (χ1) is 16.5. The standard InChI is InChI=1S/C26H24ClN5O2/c1-16-24(17(2)32(30-16)20-8-6-5-7-9-20)25-26(31-15-18(27)10-13-23(31)29-25)28-19-11-12-21(33-3)22(14-19)34-4/h5-15,28H,1-4H3. The molecule has 172 valence electrons. The van der Waals surface area contributed by atoms with Crippen LogP contribution in [0, 0.1) is 13.8 Å². The Hall–Kier alpha value is -3.97. The van der Waals surface area contributed by atoms with Crippen molar-refractivity contribution < 1.29 is 9.47 Å². The number of pyridine rings is 1. The van der Waals surface area contributed by atoms with Gasteiger partial charge in [-0.25, -0.2) is 9.67 Å². The van der Waals surface area contributed by atoms with Gasteiger partial charge in [-0.1, -0.05) is 29.8 Å². The number of hydrogen-bond acceptors (Lipinski definition) is 5. The van der Waals surface area contributed by atoms with E-state index in [1.165, 1.54) is 0 Å². The first-order valence-corrected chi connectivity index (χ1v) is 11.2. The average Bonchev–Trinajstić information content (AvgIpc) is 3.34. The third-order valence-electron chi connectivity index (χ3n) is 5.76. The summed E-state index contributed by atoms with van der Waals surface area (Å²) in [5.74, 6) is 2.07. The molecule has 8 heteroatoms. The van der Waals surface area contributed by atoms with E-state index in [-0.39, 0.29) is 0 Å². The number of nitrogens with one attached hydrogen (secondary N) is 1. The minimum atomic E-state index is 0.611. The number of para-hydroxylation sites is 1. The van der Waals surface area contributed by atoms with Crippen molar-refractivity contribution in [2.24, 2.45) is 0 Å². The second-order valence-corrected chi connectivity index (χ2v) is 8.31. The molecule has 0 aliphatic rings. The second-order valence-electron chi connectivity index (χ2n) is 7.87. The molecule has 3 aromatic heterocycles. The Morgan fingerprint density at radius 2 is 1.68 bits per heavy atom. The molecule has 1 N–H and O–H groups in total. The van der Waals surface area contributed by atoms with E-state index in [4.69, 9.17) is 31.2 Å². The van der Waals surface area contributed by atoms with Crippen molar-refractivity contribution in [2.75, 3.05) is 19.5 Å². The molecule has 5 aromatic rings. The number of aryl methyl sites for hydroxylation is 1. The van der Waals surface area contributed by atoms with Crippen molar-refractivity contribution in [1.82, 2.24) is 19.2 Å². The predicted molar refractivity (Wildman–Crippen MR) is 135 cm³/mol. The highest BCUT2D eigenvalue weighted by molar-refractivity contribution is 6.30. The lowest BCUT2D eigenvalue weighted by molar-refractivity contribution is 0.355. The lowest BCUT2D eigenvalue weighted by Gasteiger charge is -2.13. The van der Waals surface area contributed by atoms with Crippen LogP contribution in [0.4, 0.5) is 11.5 Å². The van der Waals surface area contributed by atoms with Crippen LogP contribution in [0.1, 0.15) is 11.4 Å². The Bertz CT molecular complexity index is 1490. The minimum absolute atomic E-state index is 0.611. The fourth-order valence-electron chi connectivity index (χ4n) is 4.17. The average molecular weight is 474 g/mol. The van der Waals surface area contributed by atoms with Gasteiger partial charge in [-0.2, -0.15) is 5.10 Å². The van der Waals surface area contributed by atoms with E-state index in [9.17, 15) is 0 Å². The number of methoxy groups -OCH3 is 2. The van der Waals surface area contributed by atoms with Crippen LogP contribution >= 0.6 is 11.6 Å². The van der Waals surface area contributed by atoms with Crippen molar-refractivity contribution in [3.05, 3.63) is 83.3 Å². The highest BCUT2D eigenvalue weighted by Gasteiger charge is 2.23. The summed E-state index contributed by atoms with van der Waals surface area (Å²) < 4.78 is 14.8. The molecule has 2 aromatic carbocycles. The number of nitrogens with zero attached hydrogens (tertiary/aromatic N) is 4. The molecule has 0 amide bonds. The van der Waals surface area contributed by atoms with E-state index in [0.29, 0.717) is 16.5 Å². The van der Waals surface area contributed by atoms with Gasteiger partial charge in [0.25, 0.3) is 0 Å². The number of halogens is 1. The lowest BCUT2D eigenvalue weighted by Crippen LogP contribution is -2.00. The third kappa shape index (κ3) is 3.74. The summed E-state index contributed by atoms with van der Waals surface area (Å²) in [4.78, 5) is 4.96. The van der Waals surface area contributed by atoms with Gasteiger partial charge in [0.05, 0.1) is 36.3 Å². The van der Waals surface area contributed by atoms with E-state index in [1.807, 2.05) is 82.9 Å². The van der Waals surface area contributed by atoms with Crippen molar-refractivity contribution >= 4 is 28.8 Å². The van der Waals surface area contributed by atoms with Crippen LogP contribution < -0.4 is 14.8 Å². The summed E-state index contributed by atoms with van der Waals surface area (Å²) in [6, 6.07) is 19.5. The normalized spacial score (nSPS) is 11.1. The molecule has 0 saturated carbocycles. The quantitative estimate of drug-likeness (QED) is 0.317. The molecular weight excluding hydrogens is 450 g/mol. The number of fused-ring (bicyclic) bond motifs is 1. The number of aromatic nitrogens is 4. The van der Waals surface area contributed by atoms with Gasteiger partial charge < -0.3 is 14.8 Å². The molecule has 3 heterocycles. The van der Waals surface area contributed by atoms with Gasteiger partial charge in [-0.15, -0.1) is 0 Å². The molecule has 0 bridgehead atoms. The zero-order valence-corrected chi connectivity index (χ0v) is 20.1. The van der Waals surface area contributed by atoms with E-state index in [1.54, 1.807) is 14.2 Å². The third-order valence-corrected chi connectivity index (χ3v) is 5.98. The predicted octanol–water partition coefficient (Wildman–Crippen LogP) is 6.22. The molecular formula is C26H24ClN5O2. The summed E-state index contributed by atoms with van der Waals surface area (Å²) in [6.45, 7) is 4.05. The molecule has 0 fully saturated rings. The molecule has 0 spiro atoms. The molecule has 7 nitrogen and oxygen atoms in total. The molecule has 0 unspecified atom stereocenters. The van der Waals surface area contributed by atoms with Gasteiger partial charge in [0.1, 0.15) is 17.2 Å². The monoisotopic (exact) mass is 473 g/mol. The maximum absolute atomic E-state index is 6.35. The van der Waals surface area contributed by atoms with Gasteiger partial charge in [0.2, 0.25) is 0 Å². The summed E-state index contributed by atoms with van der Waals surface area (Å²) in [5.41, 5.74) is 6.22. The van der Waals surface area contributed by atoms with Gasteiger partial charge in [0, 0.05) is 23.5 Å². The lowest BCUT2D eigenvalue weighted by atomic mass is 10.1. The van der Waals surface area contributed by atoms with E-state index >= 15 is 0 Å². The molecule has 5 rings (SSSR count). The number of rotatable bonds is 6. The Morgan fingerprint density at radius 1 is 0.912 bits per heavy atom. The van der Waals surface area contributed by atoms with Crippen LogP contribution in [0.5, 0.6) is 11.5 Å². The summed E-state index contributed by atoms with van der Waals surface area (Å²) >= 11 is 6.35. The fraction of sp³-hybridized carbons (Fsp3) is 0.154. The molecule has 0 radical (unpaired) electrons. The Labute approximate surface area is 202 Å².